The Hall–Kier alpha value is -1.45. The van der Waals surface area contributed by atoms with Crippen molar-refractivity contribution < 1.29 is 9.13 Å². The standard InChI is InChI=1S/C13H11ClFNO/c14-13-7-10(5-6-16-13)8-17-9-11-3-1-2-4-12(11)15/h1-7H,8-9H2. The number of hydrogen-bond acceptors (Lipinski definition) is 2. The molecular weight excluding hydrogens is 241 g/mol. The molecule has 2 rings (SSSR count). The van der Waals surface area contributed by atoms with E-state index in [0.29, 0.717) is 17.3 Å². The highest BCUT2D eigenvalue weighted by Gasteiger charge is 2.01. The van der Waals surface area contributed by atoms with E-state index in [0.717, 1.165) is 5.56 Å². The summed E-state index contributed by atoms with van der Waals surface area (Å²) >= 11 is 5.74. The Morgan fingerprint density at radius 2 is 2.00 bits per heavy atom. The lowest BCUT2D eigenvalue weighted by molar-refractivity contribution is 0.105. The minimum Gasteiger partial charge on any atom is -0.372 e. The molecule has 0 radical (unpaired) electrons. The normalized spacial score (nSPS) is 10.5. The third-order valence-electron chi connectivity index (χ3n) is 2.28. The van der Waals surface area contributed by atoms with E-state index in [1.54, 1.807) is 30.5 Å². The number of aromatic nitrogens is 1. The van der Waals surface area contributed by atoms with Crippen LogP contribution in [0.3, 0.4) is 0 Å². The molecule has 4 heteroatoms. The molecule has 0 bridgehead atoms. The maximum absolute atomic E-state index is 13.3. The summed E-state index contributed by atoms with van der Waals surface area (Å²) in [6, 6.07) is 10.1. The highest BCUT2D eigenvalue weighted by Crippen LogP contribution is 2.11. The number of benzene rings is 1. The van der Waals surface area contributed by atoms with Gasteiger partial charge < -0.3 is 4.74 Å². The molecular formula is C13H11ClFNO. The maximum Gasteiger partial charge on any atom is 0.129 e. The summed E-state index contributed by atoms with van der Waals surface area (Å²) in [5.74, 6) is -0.250. The molecule has 0 unspecified atom stereocenters. The summed E-state index contributed by atoms with van der Waals surface area (Å²) in [4.78, 5) is 3.87. The van der Waals surface area contributed by atoms with Crippen molar-refractivity contribution in [1.82, 2.24) is 4.98 Å². The molecule has 0 aliphatic heterocycles. The minimum atomic E-state index is -0.250. The van der Waals surface area contributed by atoms with E-state index in [1.165, 1.54) is 6.07 Å². The predicted molar refractivity (Wildman–Crippen MR) is 64.1 cm³/mol. The highest BCUT2D eigenvalue weighted by molar-refractivity contribution is 6.29. The fraction of sp³-hybridized carbons (Fsp3) is 0.154. The van der Waals surface area contributed by atoms with Gasteiger partial charge in [0.25, 0.3) is 0 Å². The van der Waals surface area contributed by atoms with Gasteiger partial charge in [0.1, 0.15) is 11.0 Å². The van der Waals surface area contributed by atoms with Crippen molar-refractivity contribution in [3.05, 3.63) is 64.7 Å². The van der Waals surface area contributed by atoms with Gasteiger partial charge in [-0.25, -0.2) is 9.37 Å². The molecule has 0 fully saturated rings. The van der Waals surface area contributed by atoms with E-state index in [4.69, 9.17) is 16.3 Å². The average Bonchev–Trinajstić information content (AvgIpc) is 2.32. The third kappa shape index (κ3) is 3.51. The molecule has 2 aromatic rings. The van der Waals surface area contributed by atoms with Gasteiger partial charge >= 0.3 is 0 Å². The van der Waals surface area contributed by atoms with Crippen LogP contribution < -0.4 is 0 Å². The Balaban J connectivity index is 1.90. The van der Waals surface area contributed by atoms with Gasteiger partial charge in [-0.15, -0.1) is 0 Å². The van der Waals surface area contributed by atoms with Crippen LogP contribution in [0.1, 0.15) is 11.1 Å². The number of halogens is 2. The fourth-order valence-electron chi connectivity index (χ4n) is 1.43. The van der Waals surface area contributed by atoms with Crippen LogP contribution in [0.15, 0.2) is 42.6 Å². The minimum absolute atomic E-state index is 0.243. The van der Waals surface area contributed by atoms with Crippen LogP contribution >= 0.6 is 11.6 Å². The maximum atomic E-state index is 13.3. The second-order valence-electron chi connectivity index (χ2n) is 3.57. The highest BCUT2D eigenvalue weighted by atomic mass is 35.5. The van der Waals surface area contributed by atoms with E-state index < -0.39 is 0 Å². The van der Waals surface area contributed by atoms with E-state index in [9.17, 15) is 4.39 Å². The molecule has 0 saturated heterocycles. The fourth-order valence-corrected chi connectivity index (χ4v) is 1.62. The third-order valence-corrected chi connectivity index (χ3v) is 2.48. The molecule has 0 atom stereocenters. The van der Waals surface area contributed by atoms with E-state index in [-0.39, 0.29) is 12.4 Å². The SMILES string of the molecule is Fc1ccccc1COCc1ccnc(Cl)c1. The molecule has 0 amide bonds. The summed E-state index contributed by atoms with van der Waals surface area (Å²) in [6.45, 7) is 0.628. The molecule has 0 aliphatic rings. The van der Waals surface area contributed by atoms with Crippen LogP contribution in [0.5, 0.6) is 0 Å². The number of nitrogens with zero attached hydrogens (tertiary/aromatic N) is 1. The van der Waals surface area contributed by atoms with Gasteiger partial charge in [0.05, 0.1) is 13.2 Å². The van der Waals surface area contributed by atoms with Crippen LogP contribution in [0.25, 0.3) is 0 Å². The zero-order chi connectivity index (χ0) is 12.1. The molecule has 2 nitrogen and oxygen atoms in total. The second-order valence-corrected chi connectivity index (χ2v) is 3.96. The molecule has 1 heterocycles. The number of hydrogen-bond donors (Lipinski definition) is 0. The largest absolute Gasteiger partial charge is 0.372 e. The van der Waals surface area contributed by atoms with E-state index in [1.807, 2.05) is 6.07 Å². The van der Waals surface area contributed by atoms with E-state index >= 15 is 0 Å². The van der Waals surface area contributed by atoms with Gasteiger partial charge in [-0.05, 0) is 23.8 Å². The molecule has 0 saturated carbocycles. The van der Waals surface area contributed by atoms with Crippen molar-refractivity contribution in [2.75, 3.05) is 0 Å². The Morgan fingerprint density at radius 1 is 1.18 bits per heavy atom. The van der Waals surface area contributed by atoms with Gasteiger partial charge in [0, 0.05) is 11.8 Å². The van der Waals surface area contributed by atoms with Gasteiger partial charge in [-0.1, -0.05) is 29.8 Å². The molecule has 0 aliphatic carbocycles. The molecule has 1 aromatic carbocycles. The molecule has 88 valence electrons. The summed E-state index contributed by atoms with van der Waals surface area (Å²) in [5, 5.41) is 0.428. The van der Waals surface area contributed by atoms with Crippen molar-refractivity contribution in [2.45, 2.75) is 13.2 Å². The lowest BCUT2D eigenvalue weighted by atomic mass is 10.2. The van der Waals surface area contributed by atoms with Crippen LogP contribution in [0.4, 0.5) is 4.39 Å². The first kappa shape index (κ1) is 12.0. The average molecular weight is 252 g/mol. The Bertz CT molecular complexity index is 504. The predicted octanol–water partition coefficient (Wildman–Crippen LogP) is 3.59. The lowest BCUT2D eigenvalue weighted by Crippen LogP contribution is -1.96. The Kier molecular flexibility index (Phi) is 4.07. The zero-order valence-electron chi connectivity index (χ0n) is 9.07. The molecule has 17 heavy (non-hydrogen) atoms. The van der Waals surface area contributed by atoms with Crippen LogP contribution in [-0.4, -0.2) is 4.98 Å². The summed E-state index contributed by atoms with van der Waals surface area (Å²) in [6.07, 6.45) is 1.62. The topological polar surface area (TPSA) is 22.1 Å². The molecule has 0 spiro atoms. The van der Waals surface area contributed by atoms with Crippen molar-refractivity contribution in [3.63, 3.8) is 0 Å². The van der Waals surface area contributed by atoms with Crippen LogP contribution in [0.2, 0.25) is 5.15 Å². The zero-order valence-corrected chi connectivity index (χ0v) is 9.82. The first-order valence-electron chi connectivity index (χ1n) is 5.17. The van der Waals surface area contributed by atoms with Crippen molar-refractivity contribution >= 4 is 11.6 Å². The quantitative estimate of drug-likeness (QED) is 0.775. The van der Waals surface area contributed by atoms with Crippen LogP contribution in [-0.2, 0) is 18.0 Å². The van der Waals surface area contributed by atoms with Crippen LogP contribution in [0, 0.1) is 5.82 Å². The molecule has 0 N–H and O–H groups in total. The second kappa shape index (κ2) is 5.75. The van der Waals surface area contributed by atoms with Crippen molar-refractivity contribution in [3.8, 4) is 0 Å². The van der Waals surface area contributed by atoms with Crippen molar-refractivity contribution in [2.24, 2.45) is 0 Å². The van der Waals surface area contributed by atoms with Gasteiger partial charge in [-0.3, -0.25) is 0 Å². The van der Waals surface area contributed by atoms with Gasteiger partial charge in [0.15, 0.2) is 0 Å². The Morgan fingerprint density at radius 3 is 2.76 bits per heavy atom. The summed E-state index contributed by atoms with van der Waals surface area (Å²) < 4.78 is 18.7. The summed E-state index contributed by atoms with van der Waals surface area (Å²) in [7, 11) is 0. The first-order chi connectivity index (χ1) is 8.25. The Labute approximate surface area is 104 Å². The number of rotatable bonds is 4. The van der Waals surface area contributed by atoms with Gasteiger partial charge in [0.2, 0.25) is 0 Å². The first-order valence-corrected chi connectivity index (χ1v) is 5.55. The summed E-state index contributed by atoms with van der Waals surface area (Å²) in [5.41, 5.74) is 1.47. The van der Waals surface area contributed by atoms with E-state index in [2.05, 4.69) is 4.98 Å². The van der Waals surface area contributed by atoms with Crippen molar-refractivity contribution in [1.29, 1.82) is 0 Å². The smallest absolute Gasteiger partial charge is 0.129 e. The monoisotopic (exact) mass is 251 g/mol. The number of pyridine rings is 1. The number of ether oxygens (including phenoxy) is 1. The lowest BCUT2D eigenvalue weighted by Gasteiger charge is -2.05. The molecule has 1 aromatic heterocycles. The van der Waals surface area contributed by atoms with Gasteiger partial charge in [-0.2, -0.15) is 0 Å².